The Bertz CT molecular complexity index is 876. The zero-order valence-electron chi connectivity index (χ0n) is 16.3. The third-order valence-corrected chi connectivity index (χ3v) is 7.07. The molecule has 1 aliphatic carbocycles. The number of thiocarbonyl (C=S) groups is 1. The zero-order chi connectivity index (χ0) is 18.6. The SMILES string of the molecule is Cc1nc2ccc(NC(=S)N3C[C@@H]4C[C@@H]3CC(C)(C)[C@@H]4C)cc2nc1C. The predicted molar refractivity (Wildman–Crippen MR) is 111 cm³/mol. The molecule has 1 aromatic heterocycles. The highest BCUT2D eigenvalue weighted by Gasteiger charge is 2.48. The van der Waals surface area contributed by atoms with Gasteiger partial charge in [-0.2, -0.15) is 0 Å². The van der Waals surface area contributed by atoms with Crippen LogP contribution in [0.4, 0.5) is 5.69 Å². The quantitative estimate of drug-likeness (QED) is 0.739. The van der Waals surface area contributed by atoms with Gasteiger partial charge in [0.05, 0.1) is 22.4 Å². The van der Waals surface area contributed by atoms with Crippen molar-refractivity contribution in [2.75, 3.05) is 11.9 Å². The first-order chi connectivity index (χ1) is 12.2. The Kier molecular flexibility index (Phi) is 4.18. The number of nitrogens with one attached hydrogen (secondary N) is 1. The van der Waals surface area contributed by atoms with Crippen LogP contribution >= 0.6 is 12.2 Å². The Labute approximate surface area is 161 Å². The molecule has 0 unspecified atom stereocenters. The summed E-state index contributed by atoms with van der Waals surface area (Å²) in [6.07, 6.45) is 2.49. The Morgan fingerprint density at radius 1 is 1.19 bits per heavy atom. The van der Waals surface area contributed by atoms with Gasteiger partial charge in [-0.1, -0.05) is 20.8 Å². The molecule has 0 spiro atoms. The van der Waals surface area contributed by atoms with Gasteiger partial charge in [-0.05, 0) is 74.4 Å². The van der Waals surface area contributed by atoms with Crippen molar-refractivity contribution in [3.05, 3.63) is 29.6 Å². The van der Waals surface area contributed by atoms with Gasteiger partial charge in [0.15, 0.2) is 5.11 Å². The van der Waals surface area contributed by atoms with Crippen LogP contribution in [0.25, 0.3) is 11.0 Å². The van der Waals surface area contributed by atoms with Crippen molar-refractivity contribution in [3.63, 3.8) is 0 Å². The lowest BCUT2D eigenvalue weighted by atomic mass is 9.65. The fourth-order valence-electron chi connectivity index (χ4n) is 4.69. The van der Waals surface area contributed by atoms with Crippen LogP contribution in [0.1, 0.15) is 45.0 Å². The van der Waals surface area contributed by atoms with Gasteiger partial charge in [0, 0.05) is 18.3 Å². The molecule has 1 N–H and O–H groups in total. The highest BCUT2D eigenvalue weighted by Crippen LogP contribution is 2.49. The smallest absolute Gasteiger partial charge is 0.173 e. The summed E-state index contributed by atoms with van der Waals surface area (Å²) in [6, 6.07) is 6.69. The minimum atomic E-state index is 0.395. The monoisotopic (exact) mass is 368 g/mol. The van der Waals surface area contributed by atoms with E-state index in [1.54, 1.807) is 0 Å². The number of hydrogen-bond acceptors (Lipinski definition) is 3. The molecule has 2 heterocycles. The summed E-state index contributed by atoms with van der Waals surface area (Å²) in [5.41, 5.74) is 5.18. The lowest BCUT2D eigenvalue weighted by Crippen LogP contribution is -2.41. The second kappa shape index (κ2) is 6.15. The number of aryl methyl sites for hydroxylation is 2. The van der Waals surface area contributed by atoms with Gasteiger partial charge in [-0.15, -0.1) is 0 Å². The molecule has 1 aliphatic heterocycles. The summed E-state index contributed by atoms with van der Waals surface area (Å²) >= 11 is 5.78. The molecule has 0 radical (unpaired) electrons. The Morgan fingerprint density at radius 2 is 1.88 bits per heavy atom. The van der Waals surface area contributed by atoms with E-state index in [-0.39, 0.29) is 0 Å². The molecule has 3 atom stereocenters. The number of likely N-dealkylation sites (tertiary alicyclic amines) is 1. The molecule has 26 heavy (non-hydrogen) atoms. The average molecular weight is 369 g/mol. The summed E-state index contributed by atoms with van der Waals surface area (Å²) in [7, 11) is 0. The molecule has 2 bridgehead atoms. The van der Waals surface area contributed by atoms with Crippen molar-refractivity contribution >= 4 is 34.1 Å². The largest absolute Gasteiger partial charge is 0.346 e. The van der Waals surface area contributed by atoms with E-state index in [0.717, 1.165) is 51.6 Å². The normalized spacial score (nSPS) is 27.0. The number of rotatable bonds is 1. The van der Waals surface area contributed by atoms with Gasteiger partial charge in [0.1, 0.15) is 0 Å². The predicted octanol–water partition coefficient (Wildman–Crippen LogP) is 4.70. The molecule has 1 aromatic carbocycles. The van der Waals surface area contributed by atoms with E-state index in [1.165, 1.54) is 12.8 Å². The molecule has 2 fully saturated rings. The van der Waals surface area contributed by atoms with Crippen LogP contribution in [0, 0.1) is 31.1 Å². The summed E-state index contributed by atoms with van der Waals surface area (Å²) in [5.74, 6) is 1.49. The van der Waals surface area contributed by atoms with Crippen molar-refractivity contribution in [2.45, 2.75) is 53.5 Å². The topological polar surface area (TPSA) is 41.1 Å². The summed E-state index contributed by atoms with van der Waals surface area (Å²) in [5, 5.41) is 4.30. The Morgan fingerprint density at radius 3 is 2.62 bits per heavy atom. The maximum Gasteiger partial charge on any atom is 0.173 e. The van der Waals surface area contributed by atoms with E-state index in [2.05, 4.69) is 47.0 Å². The maximum absolute atomic E-state index is 5.78. The highest BCUT2D eigenvalue weighted by atomic mass is 32.1. The van der Waals surface area contributed by atoms with Crippen LogP contribution in [-0.2, 0) is 0 Å². The van der Waals surface area contributed by atoms with Gasteiger partial charge < -0.3 is 10.2 Å². The van der Waals surface area contributed by atoms with E-state index in [1.807, 2.05) is 26.0 Å². The first-order valence-electron chi connectivity index (χ1n) is 9.57. The van der Waals surface area contributed by atoms with Gasteiger partial charge in [-0.25, -0.2) is 9.97 Å². The third-order valence-electron chi connectivity index (χ3n) is 6.74. The molecule has 0 amide bonds. The zero-order valence-corrected chi connectivity index (χ0v) is 17.2. The van der Waals surface area contributed by atoms with Crippen molar-refractivity contribution in [1.82, 2.24) is 14.9 Å². The van der Waals surface area contributed by atoms with Crippen LogP contribution in [-0.4, -0.2) is 32.6 Å². The number of nitrogens with zero attached hydrogens (tertiary/aromatic N) is 3. The molecule has 2 aliphatic rings. The molecule has 4 nitrogen and oxygen atoms in total. The van der Waals surface area contributed by atoms with E-state index < -0.39 is 0 Å². The minimum absolute atomic E-state index is 0.395. The van der Waals surface area contributed by atoms with Crippen LogP contribution in [0.2, 0.25) is 0 Å². The van der Waals surface area contributed by atoms with E-state index in [9.17, 15) is 0 Å². The Hall–Kier alpha value is -1.75. The van der Waals surface area contributed by atoms with Crippen LogP contribution < -0.4 is 5.32 Å². The molecule has 1 saturated carbocycles. The van der Waals surface area contributed by atoms with Crippen LogP contribution in [0.15, 0.2) is 18.2 Å². The maximum atomic E-state index is 5.78. The molecule has 5 heteroatoms. The fourth-order valence-corrected chi connectivity index (χ4v) is 5.03. The third kappa shape index (κ3) is 2.96. The van der Waals surface area contributed by atoms with E-state index in [4.69, 9.17) is 12.2 Å². The highest BCUT2D eigenvalue weighted by molar-refractivity contribution is 7.80. The van der Waals surface area contributed by atoms with Crippen LogP contribution in [0.3, 0.4) is 0 Å². The minimum Gasteiger partial charge on any atom is -0.346 e. The number of aromatic nitrogens is 2. The van der Waals surface area contributed by atoms with Gasteiger partial charge in [0.25, 0.3) is 0 Å². The van der Waals surface area contributed by atoms with Gasteiger partial charge in [0.2, 0.25) is 0 Å². The van der Waals surface area contributed by atoms with Gasteiger partial charge >= 0.3 is 0 Å². The molecule has 138 valence electrons. The average Bonchev–Trinajstić information content (AvgIpc) is 2.94. The fraction of sp³-hybridized carbons (Fsp3) is 0.571. The summed E-state index contributed by atoms with van der Waals surface area (Å²) in [6.45, 7) is 12.3. The van der Waals surface area contributed by atoms with Crippen molar-refractivity contribution in [3.8, 4) is 0 Å². The van der Waals surface area contributed by atoms with Crippen molar-refractivity contribution in [1.29, 1.82) is 0 Å². The van der Waals surface area contributed by atoms with Crippen molar-refractivity contribution in [2.24, 2.45) is 17.3 Å². The van der Waals surface area contributed by atoms with Crippen LogP contribution in [0.5, 0.6) is 0 Å². The second-order valence-corrected chi connectivity index (χ2v) is 9.20. The van der Waals surface area contributed by atoms with Gasteiger partial charge in [-0.3, -0.25) is 0 Å². The summed E-state index contributed by atoms with van der Waals surface area (Å²) < 4.78 is 0. The summed E-state index contributed by atoms with van der Waals surface area (Å²) in [4.78, 5) is 11.7. The molecular formula is C21H28N4S. The first-order valence-corrected chi connectivity index (χ1v) is 9.98. The first kappa shape index (κ1) is 17.7. The molecular weight excluding hydrogens is 340 g/mol. The number of anilines is 1. The molecule has 2 aromatic rings. The Balaban J connectivity index is 1.54. The lowest BCUT2D eigenvalue weighted by Gasteiger charge is -2.41. The molecule has 4 rings (SSSR count). The van der Waals surface area contributed by atoms with E-state index >= 15 is 0 Å². The standard InChI is InChI=1S/C21H28N4S/c1-12-15-8-17(10-21(12,4)5)25(11-15)20(26)24-16-6-7-18-19(9-16)23-14(3)13(2)22-18/h6-7,9,12,15,17H,8,10-11H2,1-5H3,(H,24,26)/t12-,15+,17-/m1/s1. The lowest BCUT2D eigenvalue weighted by molar-refractivity contribution is 0.107. The van der Waals surface area contributed by atoms with E-state index in [0.29, 0.717) is 11.5 Å². The number of hydrogen-bond donors (Lipinski definition) is 1. The molecule has 1 saturated heterocycles. The van der Waals surface area contributed by atoms with Crippen molar-refractivity contribution < 1.29 is 0 Å². The second-order valence-electron chi connectivity index (χ2n) is 8.81. The number of fused-ring (bicyclic) bond motifs is 3. The number of benzene rings is 1.